The van der Waals surface area contributed by atoms with Crippen LogP contribution in [0.15, 0.2) is 33.5 Å². The highest BCUT2D eigenvalue weighted by Crippen LogP contribution is 2.26. The number of halogens is 2. The summed E-state index contributed by atoms with van der Waals surface area (Å²) in [4.78, 5) is 4.32. The zero-order chi connectivity index (χ0) is 12.4. The fraction of sp³-hybridized carbons (Fsp3) is 0.273. The predicted molar refractivity (Wildman–Crippen MR) is 73.6 cm³/mol. The topological polar surface area (TPSA) is 56.7 Å². The van der Waals surface area contributed by atoms with Crippen molar-refractivity contribution < 1.29 is 0 Å². The maximum absolute atomic E-state index is 6.22. The molecule has 4 nitrogen and oxygen atoms in total. The smallest absolute Gasteiger partial charge is 0.0908 e. The lowest BCUT2D eigenvalue weighted by Crippen LogP contribution is -2.18. The largest absolute Gasteiger partial charge is 0.318 e. The summed E-state index contributed by atoms with van der Waals surface area (Å²) in [5.74, 6) is 0. The lowest BCUT2D eigenvalue weighted by Gasteiger charge is -2.13. The van der Waals surface area contributed by atoms with Gasteiger partial charge in [-0.05, 0) is 50.9 Å². The second-order valence-corrected chi connectivity index (χ2v) is 5.34. The summed E-state index contributed by atoms with van der Waals surface area (Å²) < 4.78 is 3.73. The Morgan fingerprint density at radius 2 is 2.12 bits per heavy atom. The second-order valence-electron chi connectivity index (χ2n) is 3.57. The third kappa shape index (κ3) is 2.59. The van der Waals surface area contributed by atoms with Crippen LogP contribution in [0.1, 0.15) is 24.4 Å². The molecule has 0 aliphatic heterocycles. The van der Waals surface area contributed by atoms with Crippen LogP contribution in [0.4, 0.5) is 0 Å². The number of pyridine rings is 1. The van der Waals surface area contributed by atoms with E-state index in [1.807, 2.05) is 23.7 Å². The quantitative estimate of drug-likeness (QED) is 0.916. The van der Waals surface area contributed by atoms with Gasteiger partial charge in [0, 0.05) is 17.2 Å². The maximum Gasteiger partial charge on any atom is 0.0908 e. The fourth-order valence-electron chi connectivity index (χ4n) is 1.64. The molecule has 17 heavy (non-hydrogen) atoms. The van der Waals surface area contributed by atoms with Crippen LogP contribution in [0.5, 0.6) is 0 Å². The van der Waals surface area contributed by atoms with Gasteiger partial charge < -0.3 is 5.73 Å². The summed E-state index contributed by atoms with van der Waals surface area (Å²) in [6, 6.07) is 3.57. The van der Waals surface area contributed by atoms with E-state index in [0.717, 1.165) is 26.9 Å². The first kappa shape index (κ1) is 12.7. The van der Waals surface area contributed by atoms with E-state index in [4.69, 9.17) is 5.73 Å². The highest BCUT2D eigenvalue weighted by Gasteiger charge is 2.18. The minimum atomic E-state index is -0.278. The predicted octanol–water partition coefficient (Wildman–Crippen LogP) is 2.87. The van der Waals surface area contributed by atoms with Crippen molar-refractivity contribution in [1.82, 2.24) is 14.8 Å². The first-order valence-electron chi connectivity index (χ1n) is 5.21. The number of aryl methyl sites for hydroxylation is 1. The standard InChI is InChI=1S/C11H12Br2N4/c1-2-17-11(8(13)6-16-17)10(14)9-4-3-7(12)5-15-9/h3-6,10H,2,14H2,1H3. The number of nitrogens with two attached hydrogens (primary N) is 1. The minimum Gasteiger partial charge on any atom is -0.318 e. The molecule has 2 aromatic rings. The van der Waals surface area contributed by atoms with Gasteiger partial charge in [-0.3, -0.25) is 9.67 Å². The molecule has 2 N–H and O–H groups in total. The van der Waals surface area contributed by atoms with Gasteiger partial charge in [0.15, 0.2) is 0 Å². The monoisotopic (exact) mass is 358 g/mol. The molecule has 90 valence electrons. The summed E-state index contributed by atoms with van der Waals surface area (Å²) in [7, 11) is 0. The van der Waals surface area contributed by atoms with E-state index in [0.29, 0.717) is 0 Å². The normalized spacial score (nSPS) is 12.7. The summed E-state index contributed by atoms with van der Waals surface area (Å²) >= 11 is 6.83. The van der Waals surface area contributed by atoms with Gasteiger partial charge in [0.2, 0.25) is 0 Å². The third-order valence-electron chi connectivity index (χ3n) is 2.50. The Labute approximate surface area is 116 Å². The van der Waals surface area contributed by atoms with Crippen LogP contribution in [0.25, 0.3) is 0 Å². The highest BCUT2D eigenvalue weighted by molar-refractivity contribution is 9.10. The molecule has 0 radical (unpaired) electrons. The Bertz CT molecular complexity index is 507. The molecule has 0 amide bonds. The Morgan fingerprint density at radius 1 is 1.35 bits per heavy atom. The Kier molecular flexibility index (Phi) is 3.96. The van der Waals surface area contributed by atoms with Crippen LogP contribution in [0.2, 0.25) is 0 Å². The summed E-state index contributed by atoms with van der Waals surface area (Å²) in [6.45, 7) is 2.82. The lowest BCUT2D eigenvalue weighted by atomic mass is 10.1. The number of nitrogens with zero attached hydrogens (tertiary/aromatic N) is 3. The van der Waals surface area contributed by atoms with E-state index in [9.17, 15) is 0 Å². The Hall–Kier alpha value is -0.720. The van der Waals surface area contributed by atoms with E-state index in [-0.39, 0.29) is 6.04 Å². The molecule has 2 aromatic heterocycles. The molecule has 6 heteroatoms. The van der Waals surface area contributed by atoms with Gasteiger partial charge in [0.05, 0.1) is 28.1 Å². The highest BCUT2D eigenvalue weighted by atomic mass is 79.9. The molecule has 0 spiro atoms. The molecule has 0 fully saturated rings. The molecule has 0 aromatic carbocycles. The summed E-state index contributed by atoms with van der Waals surface area (Å²) in [6.07, 6.45) is 3.51. The molecule has 1 atom stereocenters. The zero-order valence-corrected chi connectivity index (χ0v) is 12.4. The summed E-state index contributed by atoms with van der Waals surface area (Å²) in [5, 5.41) is 4.25. The number of hydrogen-bond acceptors (Lipinski definition) is 3. The van der Waals surface area contributed by atoms with E-state index >= 15 is 0 Å². The molecular formula is C11H12Br2N4. The van der Waals surface area contributed by atoms with Gasteiger partial charge >= 0.3 is 0 Å². The van der Waals surface area contributed by atoms with Gasteiger partial charge in [-0.1, -0.05) is 0 Å². The maximum atomic E-state index is 6.22. The SMILES string of the molecule is CCn1ncc(Br)c1C(N)c1ccc(Br)cn1. The van der Waals surface area contributed by atoms with Gasteiger partial charge in [-0.15, -0.1) is 0 Å². The molecule has 0 saturated heterocycles. The lowest BCUT2D eigenvalue weighted by molar-refractivity contribution is 0.595. The average molecular weight is 360 g/mol. The van der Waals surface area contributed by atoms with Gasteiger partial charge in [0.25, 0.3) is 0 Å². The van der Waals surface area contributed by atoms with Crippen LogP contribution in [-0.2, 0) is 6.54 Å². The first-order chi connectivity index (χ1) is 8.13. The van der Waals surface area contributed by atoms with Crippen LogP contribution in [0, 0.1) is 0 Å². The average Bonchev–Trinajstić information content (AvgIpc) is 2.70. The Morgan fingerprint density at radius 3 is 2.71 bits per heavy atom. The van der Waals surface area contributed by atoms with Crippen molar-refractivity contribution in [3.8, 4) is 0 Å². The van der Waals surface area contributed by atoms with Gasteiger partial charge in [-0.2, -0.15) is 5.10 Å². The van der Waals surface area contributed by atoms with Crippen molar-refractivity contribution in [1.29, 1.82) is 0 Å². The molecule has 0 bridgehead atoms. The first-order valence-corrected chi connectivity index (χ1v) is 6.80. The molecular weight excluding hydrogens is 348 g/mol. The minimum absolute atomic E-state index is 0.278. The third-order valence-corrected chi connectivity index (χ3v) is 3.58. The van der Waals surface area contributed by atoms with E-state index in [1.165, 1.54) is 0 Å². The van der Waals surface area contributed by atoms with Crippen LogP contribution >= 0.6 is 31.9 Å². The molecule has 0 saturated carbocycles. The van der Waals surface area contributed by atoms with Crippen molar-refractivity contribution in [3.05, 3.63) is 44.9 Å². The van der Waals surface area contributed by atoms with E-state index in [1.54, 1.807) is 12.4 Å². The fourth-order valence-corrected chi connectivity index (χ4v) is 2.42. The van der Waals surface area contributed by atoms with Crippen LogP contribution in [0.3, 0.4) is 0 Å². The molecule has 2 rings (SSSR count). The Balaban J connectivity index is 2.39. The molecule has 1 unspecified atom stereocenters. The zero-order valence-electron chi connectivity index (χ0n) is 9.27. The van der Waals surface area contributed by atoms with Crippen molar-refractivity contribution in [3.63, 3.8) is 0 Å². The van der Waals surface area contributed by atoms with Gasteiger partial charge in [0.1, 0.15) is 0 Å². The molecule has 2 heterocycles. The van der Waals surface area contributed by atoms with E-state index in [2.05, 4.69) is 41.9 Å². The van der Waals surface area contributed by atoms with Gasteiger partial charge in [-0.25, -0.2) is 0 Å². The van der Waals surface area contributed by atoms with Crippen LogP contribution in [-0.4, -0.2) is 14.8 Å². The molecule has 0 aliphatic rings. The second kappa shape index (κ2) is 5.29. The van der Waals surface area contributed by atoms with Crippen molar-refractivity contribution in [2.24, 2.45) is 5.73 Å². The number of hydrogen-bond donors (Lipinski definition) is 1. The summed E-state index contributed by atoms with van der Waals surface area (Å²) in [5.41, 5.74) is 7.99. The molecule has 0 aliphatic carbocycles. The van der Waals surface area contributed by atoms with Crippen molar-refractivity contribution in [2.75, 3.05) is 0 Å². The van der Waals surface area contributed by atoms with Crippen molar-refractivity contribution in [2.45, 2.75) is 19.5 Å². The number of aromatic nitrogens is 3. The van der Waals surface area contributed by atoms with Crippen LogP contribution < -0.4 is 5.73 Å². The van der Waals surface area contributed by atoms with E-state index < -0.39 is 0 Å². The number of rotatable bonds is 3. The van der Waals surface area contributed by atoms with Crippen molar-refractivity contribution >= 4 is 31.9 Å².